The first-order valence-corrected chi connectivity index (χ1v) is 12.5. The van der Waals surface area contributed by atoms with E-state index in [9.17, 15) is 8.42 Å². The zero-order valence-electron chi connectivity index (χ0n) is 18.5. The quantitative estimate of drug-likeness (QED) is 0.553. The van der Waals surface area contributed by atoms with Crippen molar-refractivity contribution < 1.29 is 13.2 Å². The number of nitrogens with one attached hydrogen (secondary N) is 2. The zero-order chi connectivity index (χ0) is 22.1. The van der Waals surface area contributed by atoms with Crippen molar-refractivity contribution in [3.8, 4) is 5.75 Å². The van der Waals surface area contributed by atoms with Crippen LogP contribution in [-0.2, 0) is 16.6 Å². The van der Waals surface area contributed by atoms with Gasteiger partial charge in [0.05, 0.1) is 4.90 Å². The fraction of sp³-hybridized carbons (Fsp3) is 0.478. The van der Waals surface area contributed by atoms with Crippen LogP contribution in [0.5, 0.6) is 5.75 Å². The second-order valence-corrected chi connectivity index (χ2v) is 9.36. The molecule has 0 saturated carbocycles. The molecular formula is C23H34N4O3S. The van der Waals surface area contributed by atoms with Crippen molar-refractivity contribution in [2.24, 2.45) is 0 Å². The first kappa shape index (κ1) is 23.5. The summed E-state index contributed by atoms with van der Waals surface area (Å²) in [5, 5.41) is 3.34. The highest BCUT2D eigenvalue weighted by atomic mass is 32.2. The highest BCUT2D eigenvalue weighted by Gasteiger charge is 2.15. The molecule has 0 spiro atoms. The molecule has 0 bridgehead atoms. The maximum atomic E-state index is 12.7. The summed E-state index contributed by atoms with van der Waals surface area (Å²) in [5.74, 6) is 0.729. The fourth-order valence-corrected chi connectivity index (χ4v) is 4.63. The van der Waals surface area contributed by atoms with Gasteiger partial charge in [-0.15, -0.1) is 0 Å². The van der Waals surface area contributed by atoms with Crippen LogP contribution in [0, 0.1) is 0 Å². The number of nitrogens with zero attached hydrogens (tertiary/aromatic N) is 2. The van der Waals surface area contributed by atoms with Crippen LogP contribution in [0.3, 0.4) is 0 Å². The smallest absolute Gasteiger partial charge is 0.261 e. The Bertz CT molecular complexity index is 891. The molecule has 0 amide bonds. The summed E-state index contributed by atoms with van der Waals surface area (Å²) in [6.07, 6.45) is 0. The molecule has 0 aromatic heterocycles. The Morgan fingerprint density at radius 3 is 2.26 bits per heavy atom. The van der Waals surface area contributed by atoms with Crippen molar-refractivity contribution >= 4 is 15.7 Å². The predicted octanol–water partition coefficient (Wildman–Crippen LogP) is 2.61. The number of benzene rings is 2. The van der Waals surface area contributed by atoms with Gasteiger partial charge in [0.15, 0.2) is 0 Å². The Hall–Kier alpha value is -2.13. The standard InChI is InChI=1S/C23H34N4O3S/c1-3-26(4-2)17-18-30-22-9-7-21(8-10-22)25-31(28,29)23-11-5-20(6-12-23)19-27-15-13-24-14-16-27/h5-12,24-25H,3-4,13-19H2,1-2H3. The Labute approximate surface area is 186 Å². The molecule has 1 saturated heterocycles. The summed E-state index contributed by atoms with van der Waals surface area (Å²) in [4.78, 5) is 4.91. The maximum Gasteiger partial charge on any atom is 0.261 e. The van der Waals surface area contributed by atoms with Crippen LogP contribution in [-0.4, -0.2) is 70.6 Å². The van der Waals surface area contributed by atoms with E-state index in [4.69, 9.17) is 4.74 Å². The predicted molar refractivity (Wildman–Crippen MR) is 125 cm³/mol. The van der Waals surface area contributed by atoms with Gasteiger partial charge in [-0.05, 0) is 55.1 Å². The Morgan fingerprint density at radius 1 is 1.00 bits per heavy atom. The van der Waals surface area contributed by atoms with E-state index in [2.05, 4.69) is 33.7 Å². The second kappa shape index (κ2) is 11.5. The average molecular weight is 447 g/mol. The number of sulfonamides is 1. The minimum atomic E-state index is -3.63. The van der Waals surface area contributed by atoms with Crippen molar-refractivity contribution in [2.75, 3.05) is 57.1 Å². The molecule has 1 aliphatic rings. The molecule has 8 heteroatoms. The molecule has 0 atom stereocenters. The van der Waals surface area contributed by atoms with Gasteiger partial charge in [-0.3, -0.25) is 9.62 Å². The largest absolute Gasteiger partial charge is 0.492 e. The fourth-order valence-electron chi connectivity index (χ4n) is 3.57. The normalized spacial score (nSPS) is 15.2. The molecule has 170 valence electrons. The number of likely N-dealkylation sites (N-methyl/N-ethyl adjacent to an activating group) is 1. The topological polar surface area (TPSA) is 73.9 Å². The zero-order valence-corrected chi connectivity index (χ0v) is 19.3. The van der Waals surface area contributed by atoms with Gasteiger partial charge in [0.1, 0.15) is 12.4 Å². The van der Waals surface area contributed by atoms with Crippen LogP contribution in [0.1, 0.15) is 19.4 Å². The van der Waals surface area contributed by atoms with Gasteiger partial charge >= 0.3 is 0 Å². The van der Waals surface area contributed by atoms with Gasteiger partial charge < -0.3 is 15.0 Å². The number of piperazine rings is 1. The maximum absolute atomic E-state index is 12.7. The minimum absolute atomic E-state index is 0.260. The third-order valence-electron chi connectivity index (χ3n) is 5.53. The first-order chi connectivity index (χ1) is 15.0. The number of hydrogen-bond donors (Lipinski definition) is 2. The van der Waals surface area contributed by atoms with Gasteiger partial charge in [0, 0.05) is 45.0 Å². The van der Waals surface area contributed by atoms with Crippen LogP contribution in [0.25, 0.3) is 0 Å². The molecule has 1 fully saturated rings. The Morgan fingerprint density at radius 2 is 1.65 bits per heavy atom. The van der Waals surface area contributed by atoms with Gasteiger partial charge in [0.25, 0.3) is 10.0 Å². The molecule has 1 aliphatic heterocycles. The number of ether oxygens (including phenoxy) is 1. The average Bonchev–Trinajstić information content (AvgIpc) is 2.79. The van der Waals surface area contributed by atoms with E-state index >= 15 is 0 Å². The van der Waals surface area contributed by atoms with Crippen molar-refractivity contribution in [3.63, 3.8) is 0 Å². The van der Waals surface area contributed by atoms with E-state index < -0.39 is 10.0 Å². The molecule has 2 aromatic rings. The third kappa shape index (κ3) is 7.21. The molecule has 0 radical (unpaired) electrons. The SMILES string of the molecule is CCN(CC)CCOc1ccc(NS(=O)(=O)c2ccc(CN3CCNCC3)cc2)cc1. The van der Waals surface area contributed by atoms with Gasteiger partial charge in [-0.25, -0.2) is 8.42 Å². The summed E-state index contributed by atoms with van der Waals surface area (Å²) >= 11 is 0. The number of anilines is 1. The van der Waals surface area contributed by atoms with Crippen LogP contribution in [0.4, 0.5) is 5.69 Å². The molecule has 3 rings (SSSR count). The van der Waals surface area contributed by atoms with Crippen molar-refractivity contribution in [3.05, 3.63) is 54.1 Å². The number of rotatable bonds is 11. The van der Waals surface area contributed by atoms with Crippen LogP contribution >= 0.6 is 0 Å². The monoisotopic (exact) mass is 446 g/mol. The van der Waals surface area contributed by atoms with E-state index in [1.165, 1.54) is 0 Å². The molecule has 1 heterocycles. The summed E-state index contributed by atoms with van der Waals surface area (Å²) in [6, 6.07) is 14.2. The van der Waals surface area contributed by atoms with Gasteiger partial charge in [-0.2, -0.15) is 0 Å². The Balaban J connectivity index is 1.53. The highest BCUT2D eigenvalue weighted by Crippen LogP contribution is 2.20. The number of hydrogen-bond acceptors (Lipinski definition) is 6. The summed E-state index contributed by atoms with van der Waals surface area (Å²) in [5.41, 5.74) is 1.63. The van der Waals surface area contributed by atoms with Crippen LogP contribution in [0.15, 0.2) is 53.4 Å². The molecule has 2 N–H and O–H groups in total. The lowest BCUT2D eigenvalue weighted by molar-refractivity contribution is 0.223. The van der Waals surface area contributed by atoms with Crippen molar-refractivity contribution in [2.45, 2.75) is 25.3 Å². The second-order valence-electron chi connectivity index (χ2n) is 7.68. The van der Waals surface area contributed by atoms with Gasteiger partial charge in [0.2, 0.25) is 0 Å². The lowest BCUT2D eigenvalue weighted by atomic mass is 10.2. The van der Waals surface area contributed by atoms with E-state index in [0.717, 1.165) is 63.7 Å². The first-order valence-electron chi connectivity index (χ1n) is 11.0. The van der Waals surface area contributed by atoms with E-state index in [0.29, 0.717) is 12.3 Å². The molecule has 2 aromatic carbocycles. The summed E-state index contributed by atoms with van der Waals surface area (Å²) < 4.78 is 33.9. The third-order valence-corrected chi connectivity index (χ3v) is 6.92. The van der Waals surface area contributed by atoms with Gasteiger partial charge in [-0.1, -0.05) is 26.0 Å². The lowest BCUT2D eigenvalue weighted by Crippen LogP contribution is -2.42. The molecule has 7 nitrogen and oxygen atoms in total. The summed E-state index contributed by atoms with van der Waals surface area (Å²) in [7, 11) is -3.63. The van der Waals surface area contributed by atoms with E-state index in [1.807, 2.05) is 12.1 Å². The highest BCUT2D eigenvalue weighted by molar-refractivity contribution is 7.92. The molecule has 31 heavy (non-hydrogen) atoms. The van der Waals surface area contributed by atoms with Crippen molar-refractivity contribution in [1.29, 1.82) is 0 Å². The molecule has 0 unspecified atom stereocenters. The van der Waals surface area contributed by atoms with Crippen LogP contribution in [0.2, 0.25) is 0 Å². The molecular weight excluding hydrogens is 412 g/mol. The minimum Gasteiger partial charge on any atom is -0.492 e. The summed E-state index contributed by atoms with van der Waals surface area (Å²) in [6.45, 7) is 12.6. The van der Waals surface area contributed by atoms with Crippen LogP contribution < -0.4 is 14.8 Å². The Kier molecular flexibility index (Phi) is 8.71. The van der Waals surface area contributed by atoms with E-state index in [1.54, 1.807) is 36.4 Å². The van der Waals surface area contributed by atoms with Crippen molar-refractivity contribution in [1.82, 2.24) is 15.1 Å². The molecule has 0 aliphatic carbocycles. The lowest BCUT2D eigenvalue weighted by Gasteiger charge is -2.27. The van der Waals surface area contributed by atoms with E-state index in [-0.39, 0.29) is 4.90 Å².